The van der Waals surface area contributed by atoms with Gasteiger partial charge in [-0.2, -0.15) is 0 Å². The standard InChI is InChI=1S/C12H17N3S/c1-3-10(11-6-5-9-16-11)14-12-13-7-8-15(12)4-2/h5-10H,3-4H2,1-2H3,(H,13,14). The minimum Gasteiger partial charge on any atom is -0.348 e. The lowest BCUT2D eigenvalue weighted by Gasteiger charge is -2.16. The molecule has 86 valence electrons. The monoisotopic (exact) mass is 235 g/mol. The van der Waals surface area contributed by atoms with Crippen molar-refractivity contribution < 1.29 is 0 Å². The van der Waals surface area contributed by atoms with Crippen molar-refractivity contribution in [2.45, 2.75) is 32.9 Å². The van der Waals surface area contributed by atoms with Crippen LogP contribution < -0.4 is 5.32 Å². The molecule has 0 aliphatic carbocycles. The molecule has 3 nitrogen and oxygen atoms in total. The highest BCUT2D eigenvalue weighted by atomic mass is 32.1. The number of nitrogens with zero attached hydrogens (tertiary/aromatic N) is 2. The Labute approximate surface area is 100 Å². The van der Waals surface area contributed by atoms with E-state index < -0.39 is 0 Å². The molecule has 1 N–H and O–H groups in total. The molecule has 1 unspecified atom stereocenters. The van der Waals surface area contributed by atoms with E-state index in [1.807, 2.05) is 12.4 Å². The van der Waals surface area contributed by atoms with Crippen molar-refractivity contribution >= 4 is 17.3 Å². The predicted molar refractivity (Wildman–Crippen MR) is 68.9 cm³/mol. The number of imidazole rings is 1. The van der Waals surface area contributed by atoms with Gasteiger partial charge in [0.25, 0.3) is 0 Å². The van der Waals surface area contributed by atoms with Crippen LogP contribution in [0, 0.1) is 0 Å². The van der Waals surface area contributed by atoms with Crippen LogP contribution in [0.25, 0.3) is 0 Å². The summed E-state index contributed by atoms with van der Waals surface area (Å²) >= 11 is 1.79. The molecular weight excluding hydrogens is 218 g/mol. The average Bonchev–Trinajstić information content (AvgIpc) is 2.96. The molecule has 0 aliphatic heterocycles. The molecule has 0 saturated heterocycles. The van der Waals surface area contributed by atoms with E-state index in [4.69, 9.17) is 0 Å². The molecule has 16 heavy (non-hydrogen) atoms. The summed E-state index contributed by atoms with van der Waals surface area (Å²) in [6, 6.07) is 4.63. The highest BCUT2D eigenvalue weighted by molar-refractivity contribution is 7.10. The molecule has 2 heterocycles. The Morgan fingerprint density at radius 2 is 2.38 bits per heavy atom. The van der Waals surface area contributed by atoms with Crippen LogP contribution in [0.5, 0.6) is 0 Å². The topological polar surface area (TPSA) is 29.9 Å². The van der Waals surface area contributed by atoms with Gasteiger partial charge in [0.15, 0.2) is 0 Å². The number of nitrogens with one attached hydrogen (secondary N) is 1. The smallest absolute Gasteiger partial charge is 0.203 e. The second kappa shape index (κ2) is 5.16. The quantitative estimate of drug-likeness (QED) is 0.859. The Morgan fingerprint density at radius 3 is 3.00 bits per heavy atom. The Kier molecular flexibility index (Phi) is 3.62. The van der Waals surface area contributed by atoms with Gasteiger partial charge in [0.1, 0.15) is 0 Å². The predicted octanol–water partition coefficient (Wildman–Crippen LogP) is 3.53. The van der Waals surface area contributed by atoms with E-state index >= 15 is 0 Å². The van der Waals surface area contributed by atoms with Crippen LogP contribution in [0.3, 0.4) is 0 Å². The number of hydrogen-bond acceptors (Lipinski definition) is 3. The highest BCUT2D eigenvalue weighted by Gasteiger charge is 2.12. The fourth-order valence-corrected chi connectivity index (χ4v) is 2.59. The van der Waals surface area contributed by atoms with Crippen LogP contribution in [-0.4, -0.2) is 9.55 Å². The number of anilines is 1. The second-order valence-corrected chi connectivity index (χ2v) is 4.64. The molecule has 2 aromatic heterocycles. The van der Waals surface area contributed by atoms with Crippen molar-refractivity contribution in [2.75, 3.05) is 5.32 Å². The normalized spacial score (nSPS) is 12.6. The molecule has 1 atom stereocenters. The first-order chi connectivity index (χ1) is 7.85. The van der Waals surface area contributed by atoms with E-state index in [1.165, 1.54) is 4.88 Å². The van der Waals surface area contributed by atoms with E-state index in [9.17, 15) is 0 Å². The van der Waals surface area contributed by atoms with Crippen molar-refractivity contribution in [1.29, 1.82) is 0 Å². The lowest BCUT2D eigenvalue weighted by molar-refractivity contribution is 0.710. The summed E-state index contributed by atoms with van der Waals surface area (Å²) < 4.78 is 2.12. The van der Waals surface area contributed by atoms with Gasteiger partial charge in [0, 0.05) is 23.8 Å². The van der Waals surface area contributed by atoms with Gasteiger partial charge in [-0.1, -0.05) is 13.0 Å². The van der Waals surface area contributed by atoms with E-state index in [-0.39, 0.29) is 0 Å². The van der Waals surface area contributed by atoms with Crippen molar-refractivity contribution in [1.82, 2.24) is 9.55 Å². The first kappa shape index (κ1) is 11.2. The third kappa shape index (κ3) is 2.27. The fourth-order valence-electron chi connectivity index (χ4n) is 1.72. The van der Waals surface area contributed by atoms with Crippen molar-refractivity contribution in [3.05, 3.63) is 34.8 Å². The molecule has 0 fully saturated rings. The van der Waals surface area contributed by atoms with Crippen LogP contribution in [0.1, 0.15) is 31.2 Å². The molecule has 0 aliphatic rings. The summed E-state index contributed by atoms with van der Waals surface area (Å²) in [6.45, 7) is 5.26. The second-order valence-electron chi connectivity index (χ2n) is 3.66. The molecule has 2 rings (SSSR count). The number of aromatic nitrogens is 2. The first-order valence-corrected chi connectivity index (χ1v) is 6.54. The summed E-state index contributed by atoms with van der Waals surface area (Å²) in [4.78, 5) is 5.71. The molecule has 0 bridgehead atoms. The van der Waals surface area contributed by atoms with E-state index in [0.29, 0.717) is 6.04 Å². The SMILES string of the molecule is CCC(Nc1nccn1CC)c1cccs1. The van der Waals surface area contributed by atoms with Crippen LogP contribution in [0.15, 0.2) is 29.9 Å². The van der Waals surface area contributed by atoms with Gasteiger partial charge < -0.3 is 9.88 Å². The maximum atomic E-state index is 4.34. The molecule has 0 amide bonds. The van der Waals surface area contributed by atoms with Gasteiger partial charge in [-0.3, -0.25) is 0 Å². The molecule has 0 saturated carbocycles. The third-order valence-corrected chi connectivity index (χ3v) is 3.64. The zero-order valence-corrected chi connectivity index (χ0v) is 10.5. The highest BCUT2D eigenvalue weighted by Crippen LogP contribution is 2.25. The maximum Gasteiger partial charge on any atom is 0.203 e. The minimum atomic E-state index is 0.368. The van der Waals surface area contributed by atoms with Crippen molar-refractivity contribution in [3.63, 3.8) is 0 Å². The summed E-state index contributed by atoms with van der Waals surface area (Å²) in [7, 11) is 0. The van der Waals surface area contributed by atoms with Gasteiger partial charge in [-0.25, -0.2) is 4.98 Å². The number of thiophene rings is 1. The van der Waals surface area contributed by atoms with Gasteiger partial charge in [-0.15, -0.1) is 11.3 Å². The molecule has 2 aromatic rings. The van der Waals surface area contributed by atoms with Gasteiger partial charge in [-0.05, 0) is 24.8 Å². The number of hydrogen-bond donors (Lipinski definition) is 1. The maximum absolute atomic E-state index is 4.34. The molecular formula is C12H17N3S. The minimum absolute atomic E-state index is 0.368. The molecule has 4 heteroatoms. The number of rotatable bonds is 5. The Balaban J connectivity index is 2.13. The van der Waals surface area contributed by atoms with Crippen molar-refractivity contribution in [2.24, 2.45) is 0 Å². The fraction of sp³-hybridized carbons (Fsp3) is 0.417. The summed E-state index contributed by atoms with van der Waals surface area (Å²) in [5.74, 6) is 0.961. The van der Waals surface area contributed by atoms with Crippen LogP contribution in [-0.2, 0) is 6.54 Å². The van der Waals surface area contributed by atoms with Crippen LogP contribution >= 0.6 is 11.3 Å². The Hall–Kier alpha value is -1.29. The molecule has 0 radical (unpaired) electrons. The lowest BCUT2D eigenvalue weighted by atomic mass is 10.2. The van der Waals surface area contributed by atoms with E-state index in [0.717, 1.165) is 18.9 Å². The molecule has 0 spiro atoms. The van der Waals surface area contributed by atoms with Crippen LogP contribution in [0.2, 0.25) is 0 Å². The Morgan fingerprint density at radius 1 is 1.50 bits per heavy atom. The lowest BCUT2D eigenvalue weighted by Crippen LogP contribution is -2.12. The summed E-state index contributed by atoms with van der Waals surface area (Å²) in [5.41, 5.74) is 0. The average molecular weight is 235 g/mol. The van der Waals surface area contributed by atoms with Gasteiger partial charge in [0.2, 0.25) is 5.95 Å². The zero-order valence-electron chi connectivity index (χ0n) is 9.68. The summed E-state index contributed by atoms with van der Waals surface area (Å²) in [6.07, 6.45) is 4.91. The van der Waals surface area contributed by atoms with Crippen molar-refractivity contribution in [3.8, 4) is 0 Å². The first-order valence-electron chi connectivity index (χ1n) is 5.66. The molecule has 0 aromatic carbocycles. The largest absolute Gasteiger partial charge is 0.348 e. The van der Waals surface area contributed by atoms with E-state index in [1.54, 1.807) is 11.3 Å². The van der Waals surface area contributed by atoms with Gasteiger partial charge >= 0.3 is 0 Å². The van der Waals surface area contributed by atoms with E-state index in [2.05, 4.69) is 46.2 Å². The Bertz CT molecular complexity index is 419. The summed E-state index contributed by atoms with van der Waals surface area (Å²) in [5, 5.41) is 5.61. The van der Waals surface area contributed by atoms with Crippen LogP contribution in [0.4, 0.5) is 5.95 Å². The third-order valence-electron chi connectivity index (χ3n) is 2.65. The zero-order chi connectivity index (χ0) is 11.4. The number of aryl methyl sites for hydroxylation is 1. The van der Waals surface area contributed by atoms with Gasteiger partial charge in [0.05, 0.1) is 6.04 Å².